The molecule has 0 amide bonds. The molecule has 6 rings (SSSR count). The quantitative estimate of drug-likeness (QED) is 0.211. The van der Waals surface area contributed by atoms with Crippen LogP contribution < -0.4 is 0 Å². The second-order valence-corrected chi connectivity index (χ2v) is 9.26. The molecule has 0 radical (unpaired) electrons. The van der Waals surface area contributed by atoms with E-state index in [4.69, 9.17) is 4.98 Å². The van der Waals surface area contributed by atoms with Gasteiger partial charge in [0.1, 0.15) is 5.82 Å². The molecule has 0 fully saturated rings. The van der Waals surface area contributed by atoms with Gasteiger partial charge >= 0.3 is 0 Å². The number of benzene rings is 5. The Bertz CT molecular complexity index is 1680. The standard InChI is InChI=1S/C36H27N3/c37-33(28-20-10-3-11-21-28)32(31(26-16-6-1-7-17-26)27-18-8-2-9-19-27)35-34(29-22-12-4-13-23-29)38-36(39-35)30-24-14-5-15-25-30/h1-25,37H,(H,38,39). The molecule has 0 saturated heterocycles. The predicted molar refractivity (Wildman–Crippen MR) is 162 cm³/mol. The van der Waals surface area contributed by atoms with Crippen molar-refractivity contribution in [2.75, 3.05) is 0 Å². The number of nitrogens with zero attached hydrogens (tertiary/aromatic N) is 1. The lowest BCUT2D eigenvalue weighted by molar-refractivity contribution is 1.30. The molecule has 1 heterocycles. The zero-order valence-electron chi connectivity index (χ0n) is 21.4. The fraction of sp³-hybridized carbons (Fsp3) is 0. The number of hydrogen-bond donors (Lipinski definition) is 2. The second-order valence-electron chi connectivity index (χ2n) is 9.26. The SMILES string of the molecule is N=C(C(=C(c1ccccc1)c1ccccc1)c1[nH]c(-c2ccccc2)nc1-c1ccccc1)c1ccccc1. The monoisotopic (exact) mass is 501 g/mol. The highest BCUT2D eigenvalue weighted by Crippen LogP contribution is 2.39. The summed E-state index contributed by atoms with van der Waals surface area (Å²) in [6.07, 6.45) is 0. The van der Waals surface area contributed by atoms with Crippen LogP contribution in [-0.4, -0.2) is 15.7 Å². The van der Waals surface area contributed by atoms with Crippen LogP contribution in [0.5, 0.6) is 0 Å². The molecular weight excluding hydrogens is 474 g/mol. The van der Waals surface area contributed by atoms with E-state index in [0.29, 0.717) is 5.71 Å². The maximum absolute atomic E-state index is 9.62. The van der Waals surface area contributed by atoms with Gasteiger partial charge in [-0.3, -0.25) is 5.41 Å². The van der Waals surface area contributed by atoms with Crippen molar-refractivity contribution in [1.82, 2.24) is 9.97 Å². The van der Waals surface area contributed by atoms with Gasteiger partial charge in [-0.1, -0.05) is 152 Å². The van der Waals surface area contributed by atoms with Gasteiger partial charge in [-0.15, -0.1) is 0 Å². The summed E-state index contributed by atoms with van der Waals surface area (Å²) in [6, 6.07) is 50.9. The lowest BCUT2D eigenvalue weighted by Gasteiger charge is -2.18. The fourth-order valence-corrected chi connectivity index (χ4v) is 4.88. The molecule has 0 unspecified atom stereocenters. The number of nitrogens with one attached hydrogen (secondary N) is 2. The minimum Gasteiger partial charge on any atom is -0.337 e. The van der Waals surface area contributed by atoms with E-state index in [1.165, 1.54) is 0 Å². The van der Waals surface area contributed by atoms with E-state index in [1.807, 2.05) is 103 Å². The zero-order valence-corrected chi connectivity index (χ0v) is 21.4. The molecule has 0 saturated carbocycles. The molecule has 3 heteroatoms. The van der Waals surface area contributed by atoms with Crippen molar-refractivity contribution in [3.63, 3.8) is 0 Å². The van der Waals surface area contributed by atoms with Crippen LogP contribution in [0.1, 0.15) is 22.4 Å². The highest BCUT2D eigenvalue weighted by Gasteiger charge is 2.25. The van der Waals surface area contributed by atoms with Gasteiger partial charge in [0.25, 0.3) is 0 Å². The third-order valence-corrected chi connectivity index (χ3v) is 6.74. The van der Waals surface area contributed by atoms with E-state index in [1.54, 1.807) is 0 Å². The fourth-order valence-electron chi connectivity index (χ4n) is 4.88. The molecule has 3 nitrogen and oxygen atoms in total. The van der Waals surface area contributed by atoms with Gasteiger partial charge in [0.15, 0.2) is 0 Å². The van der Waals surface area contributed by atoms with E-state index in [2.05, 4.69) is 53.5 Å². The summed E-state index contributed by atoms with van der Waals surface area (Å²) >= 11 is 0. The highest BCUT2D eigenvalue weighted by atomic mass is 14.9. The summed E-state index contributed by atoms with van der Waals surface area (Å²) in [6.45, 7) is 0. The zero-order chi connectivity index (χ0) is 26.4. The Labute approximate surface area is 228 Å². The first-order chi connectivity index (χ1) is 19.3. The minimum absolute atomic E-state index is 0.429. The summed E-state index contributed by atoms with van der Waals surface area (Å²) in [4.78, 5) is 8.79. The van der Waals surface area contributed by atoms with Crippen molar-refractivity contribution in [3.05, 3.63) is 174 Å². The Kier molecular flexibility index (Phi) is 6.79. The van der Waals surface area contributed by atoms with Crippen LogP contribution in [-0.2, 0) is 0 Å². The molecule has 0 aliphatic carbocycles. The van der Waals surface area contributed by atoms with Gasteiger partial charge in [0, 0.05) is 27.8 Å². The number of rotatable bonds is 7. The average Bonchev–Trinajstić information content (AvgIpc) is 3.47. The Morgan fingerprint density at radius 2 is 0.897 bits per heavy atom. The van der Waals surface area contributed by atoms with Crippen molar-refractivity contribution in [2.45, 2.75) is 0 Å². The lowest BCUT2D eigenvalue weighted by Crippen LogP contribution is -2.08. The number of aromatic amines is 1. The van der Waals surface area contributed by atoms with Crippen LogP contribution in [0, 0.1) is 5.41 Å². The highest BCUT2D eigenvalue weighted by molar-refractivity contribution is 6.37. The largest absolute Gasteiger partial charge is 0.337 e. The van der Waals surface area contributed by atoms with Crippen LogP contribution in [0.25, 0.3) is 33.8 Å². The summed E-state index contributed by atoms with van der Waals surface area (Å²) in [5, 5.41) is 9.62. The van der Waals surface area contributed by atoms with Crippen molar-refractivity contribution in [1.29, 1.82) is 5.41 Å². The first kappa shape index (κ1) is 24.1. The maximum Gasteiger partial charge on any atom is 0.138 e. The average molecular weight is 502 g/mol. The molecule has 6 aromatic rings. The minimum atomic E-state index is 0.429. The number of hydrogen-bond acceptors (Lipinski definition) is 2. The topological polar surface area (TPSA) is 52.5 Å². The third kappa shape index (κ3) is 4.98. The van der Waals surface area contributed by atoms with Gasteiger partial charge < -0.3 is 4.98 Å². The Balaban J connectivity index is 1.72. The Morgan fingerprint density at radius 3 is 1.38 bits per heavy atom. The Morgan fingerprint density at radius 1 is 0.487 bits per heavy atom. The first-order valence-electron chi connectivity index (χ1n) is 13.0. The summed E-state index contributed by atoms with van der Waals surface area (Å²) in [5.41, 5.74) is 8.73. The number of allylic oxidation sites excluding steroid dienone is 1. The molecule has 0 aliphatic heterocycles. The van der Waals surface area contributed by atoms with Gasteiger partial charge in [-0.05, 0) is 11.1 Å². The molecule has 0 aliphatic rings. The summed E-state index contributed by atoms with van der Waals surface area (Å²) < 4.78 is 0. The molecule has 0 atom stereocenters. The van der Waals surface area contributed by atoms with Crippen molar-refractivity contribution in [3.8, 4) is 22.6 Å². The van der Waals surface area contributed by atoms with E-state index in [0.717, 1.165) is 56.2 Å². The van der Waals surface area contributed by atoms with Crippen molar-refractivity contribution < 1.29 is 0 Å². The molecule has 39 heavy (non-hydrogen) atoms. The van der Waals surface area contributed by atoms with Gasteiger partial charge in [0.05, 0.1) is 17.1 Å². The van der Waals surface area contributed by atoms with Crippen LogP contribution in [0.2, 0.25) is 0 Å². The molecule has 0 bridgehead atoms. The van der Waals surface area contributed by atoms with E-state index in [9.17, 15) is 5.41 Å². The molecule has 5 aromatic carbocycles. The van der Waals surface area contributed by atoms with Crippen molar-refractivity contribution >= 4 is 16.9 Å². The van der Waals surface area contributed by atoms with Crippen LogP contribution >= 0.6 is 0 Å². The smallest absolute Gasteiger partial charge is 0.138 e. The number of aromatic nitrogens is 2. The van der Waals surface area contributed by atoms with Gasteiger partial charge in [-0.2, -0.15) is 0 Å². The predicted octanol–water partition coefficient (Wildman–Crippen LogP) is 8.77. The Hall–Kier alpha value is -5.28. The van der Waals surface area contributed by atoms with Gasteiger partial charge in [0.2, 0.25) is 0 Å². The van der Waals surface area contributed by atoms with E-state index < -0.39 is 0 Å². The molecular formula is C36H27N3. The third-order valence-electron chi connectivity index (χ3n) is 6.74. The normalized spacial score (nSPS) is 10.7. The molecule has 2 N–H and O–H groups in total. The van der Waals surface area contributed by atoms with Crippen LogP contribution in [0.4, 0.5) is 0 Å². The first-order valence-corrected chi connectivity index (χ1v) is 13.0. The number of H-pyrrole nitrogens is 1. The maximum atomic E-state index is 9.62. The molecule has 0 spiro atoms. The summed E-state index contributed by atoms with van der Waals surface area (Å²) in [5.74, 6) is 0.767. The van der Waals surface area contributed by atoms with Crippen LogP contribution in [0.15, 0.2) is 152 Å². The lowest BCUT2D eigenvalue weighted by atomic mass is 9.86. The van der Waals surface area contributed by atoms with E-state index in [-0.39, 0.29) is 0 Å². The number of imidazole rings is 1. The summed E-state index contributed by atoms with van der Waals surface area (Å²) in [7, 11) is 0. The molecule has 1 aromatic heterocycles. The van der Waals surface area contributed by atoms with E-state index >= 15 is 0 Å². The van der Waals surface area contributed by atoms with Crippen LogP contribution in [0.3, 0.4) is 0 Å². The molecule has 186 valence electrons. The van der Waals surface area contributed by atoms with Crippen molar-refractivity contribution in [2.24, 2.45) is 0 Å². The van der Waals surface area contributed by atoms with Gasteiger partial charge in [-0.25, -0.2) is 4.98 Å². The second kappa shape index (κ2) is 11.0.